The summed E-state index contributed by atoms with van der Waals surface area (Å²) in [5.74, 6) is 0.444. The molecule has 168 valence electrons. The smallest absolute Gasteiger partial charge is 0.444 e. The summed E-state index contributed by atoms with van der Waals surface area (Å²) < 4.78 is 19.9. The van der Waals surface area contributed by atoms with Gasteiger partial charge in [-0.25, -0.2) is 4.79 Å². The fraction of sp³-hybridized carbons (Fsp3) is 0.818. The number of carbonyl (C=O) groups is 1. The Morgan fingerprint density at radius 1 is 1.17 bits per heavy atom. The van der Waals surface area contributed by atoms with Crippen molar-refractivity contribution < 1.29 is 18.8 Å². The van der Waals surface area contributed by atoms with Crippen LogP contribution in [0, 0.1) is 5.92 Å². The second kappa shape index (κ2) is 7.86. The van der Waals surface area contributed by atoms with Crippen LogP contribution >= 0.6 is 0 Å². The summed E-state index contributed by atoms with van der Waals surface area (Å²) in [6.07, 6.45) is 5.50. The van der Waals surface area contributed by atoms with Gasteiger partial charge >= 0.3 is 13.2 Å². The molecule has 8 heteroatoms. The normalized spacial score (nSPS) is 28.6. The Bertz CT molecular complexity index is 743. The number of hydrogen-bond acceptors (Lipinski definition) is 5. The fourth-order valence-electron chi connectivity index (χ4n) is 4.39. The largest absolute Gasteiger partial charge is 0.498 e. The highest BCUT2D eigenvalue weighted by atomic mass is 16.7. The average Bonchev–Trinajstić information content (AvgIpc) is 3.07. The molecule has 0 saturated carbocycles. The van der Waals surface area contributed by atoms with Crippen molar-refractivity contribution in [1.29, 1.82) is 0 Å². The Labute approximate surface area is 181 Å². The second-order valence-electron chi connectivity index (χ2n) is 11.0. The van der Waals surface area contributed by atoms with E-state index in [4.69, 9.17) is 14.0 Å². The third-order valence-electron chi connectivity index (χ3n) is 6.53. The average molecular weight is 419 g/mol. The zero-order valence-electron chi connectivity index (χ0n) is 20.1. The first-order chi connectivity index (χ1) is 13.7. The zero-order valence-corrected chi connectivity index (χ0v) is 20.1. The summed E-state index contributed by atoms with van der Waals surface area (Å²) in [7, 11) is -0.393. The van der Waals surface area contributed by atoms with Crippen molar-refractivity contribution in [2.45, 2.75) is 111 Å². The SMILES string of the molecule is CC1CC(Cn2cc(B3OC(C)(C)C(C)(C)O3)cn2)CC(C)N1C(=O)OC(C)(C)C. The molecule has 0 aliphatic carbocycles. The maximum atomic E-state index is 12.6. The van der Waals surface area contributed by atoms with E-state index in [0.29, 0.717) is 5.92 Å². The van der Waals surface area contributed by atoms with Crippen LogP contribution in [-0.4, -0.2) is 56.8 Å². The fourth-order valence-corrected chi connectivity index (χ4v) is 4.39. The highest BCUT2D eigenvalue weighted by Crippen LogP contribution is 2.36. The highest BCUT2D eigenvalue weighted by Gasteiger charge is 2.52. The minimum Gasteiger partial charge on any atom is -0.444 e. The minimum atomic E-state index is -0.480. The lowest BCUT2D eigenvalue weighted by atomic mass is 9.82. The molecule has 1 aromatic rings. The van der Waals surface area contributed by atoms with E-state index in [9.17, 15) is 4.79 Å². The van der Waals surface area contributed by atoms with Crippen molar-refractivity contribution in [2.75, 3.05) is 0 Å². The molecule has 0 aromatic carbocycles. The Balaban J connectivity index is 1.61. The lowest BCUT2D eigenvalue weighted by Crippen LogP contribution is -2.51. The van der Waals surface area contributed by atoms with Gasteiger partial charge < -0.3 is 18.9 Å². The number of nitrogens with zero attached hydrogens (tertiary/aromatic N) is 3. The summed E-state index contributed by atoms with van der Waals surface area (Å²) in [5.41, 5.74) is -0.258. The summed E-state index contributed by atoms with van der Waals surface area (Å²) in [6.45, 7) is 19.0. The molecule has 2 saturated heterocycles. The Hall–Kier alpha value is -1.54. The van der Waals surface area contributed by atoms with Crippen molar-refractivity contribution in [1.82, 2.24) is 14.7 Å². The molecular formula is C22H38BN3O4. The lowest BCUT2D eigenvalue weighted by molar-refractivity contribution is -0.00865. The van der Waals surface area contributed by atoms with Gasteiger partial charge in [-0.1, -0.05) is 0 Å². The summed E-state index contributed by atoms with van der Waals surface area (Å²) in [6, 6.07) is 0.262. The summed E-state index contributed by atoms with van der Waals surface area (Å²) >= 11 is 0. The van der Waals surface area contributed by atoms with Gasteiger partial charge in [-0.3, -0.25) is 4.68 Å². The molecule has 3 rings (SSSR count). The van der Waals surface area contributed by atoms with E-state index >= 15 is 0 Å². The molecule has 3 heterocycles. The molecule has 30 heavy (non-hydrogen) atoms. The molecule has 1 aromatic heterocycles. The monoisotopic (exact) mass is 419 g/mol. The molecule has 0 N–H and O–H groups in total. The standard InChI is InChI=1S/C22H38BN3O4/c1-15-10-17(11-16(2)26(15)19(27)28-20(3,4)5)13-25-14-18(12-24-25)23-29-21(6,7)22(8,9)30-23/h12,14-17H,10-11,13H2,1-9H3. The van der Waals surface area contributed by atoms with E-state index in [1.165, 1.54) is 0 Å². The number of rotatable bonds is 3. The van der Waals surface area contributed by atoms with Crippen LogP contribution in [0.2, 0.25) is 0 Å². The Kier molecular flexibility index (Phi) is 6.06. The maximum absolute atomic E-state index is 12.6. The van der Waals surface area contributed by atoms with Crippen LogP contribution in [0.25, 0.3) is 0 Å². The number of amides is 1. The summed E-state index contributed by atoms with van der Waals surface area (Å²) in [4.78, 5) is 14.5. The molecule has 2 fully saturated rings. The van der Waals surface area contributed by atoms with Gasteiger partial charge in [-0.05, 0) is 81.1 Å². The molecule has 2 aliphatic heterocycles. The molecule has 2 unspecified atom stereocenters. The van der Waals surface area contributed by atoms with Gasteiger partial charge in [0.05, 0.1) is 11.2 Å². The number of aromatic nitrogens is 2. The van der Waals surface area contributed by atoms with Crippen LogP contribution in [0.3, 0.4) is 0 Å². The van der Waals surface area contributed by atoms with Gasteiger partial charge in [0.2, 0.25) is 0 Å². The number of likely N-dealkylation sites (tertiary alicyclic amines) is 1. The maximum Gasteiger partial charge on any atom is 0.498 e. The summed E-state index contributed by atoms with van der Waals surface area (Å²) in [5, 5.41) is 4.55. The first-order valence-corrected chi connectivity index (χ1v) is 11.1. The number of hydrogen-bond donors (Lipinski definition) is 0. The molecule has 2 atom stereocenters. The molecule has 1 amide bonds. The third kappa shape index (κ3) is 4.85. The molecule has 0 spiro atoms. The van der Waals surface area contributed by atoms with Gasteiger partial charge in [-0.2, -0.15) is 5.10 Å². The molecule has 0 radical (unpaired) electrons. The van der Waals surface area contributed by atoms with Crippen molar-refractivity contribution in [3.05, 3.63) is 12.4 Å². The van der Waals surface area contributed by atoms with Crippen LogP contribution < -0.4 is 5.46 Å². The van der Waals surface area contributed by atoms with Gasteiger partial charge in [0.25, 0.3) is 0 Å². The van der Waals surface area contributed by atoms with Crippen LogP contribution in [0.4, 0.5) is 4.79 Å². The first kappa shape index (κ1) is 23.1. The minimum absolute atomic E-state index is 0.131. The van der Waals surface area contributed by atoms with Crippen molar-refractivity contribution in [2.24, 2.45) is 5.92 Å². The van der Waals surface area contributed by atoms with Crippen LogP contribution in [-0.2, 0) is 20.6 Å². The van der Waals surface area contributed by atoms with Crippen LogP contribution in [0.15, 0.2) is 12.4 Å². The topological polar surface area (TPSA) is 65.8 Å². The highest BCUT2D eigenvalue weighted by molar-refractivity contribution is 6.61. The third-order valence-corrected chi connectivity index (χ3v) is 6.53. The van der Waals surface area contributed by atoms with E-state index in [2.05, 4.69) is 46.6 Å². The van der Waals surface area contributed by atoms with E-state index in [1.807, 2.05) is 42.7 Å². The van der Waals surface area contributed by atoms with E-state index < -0.39 is 12.7 Å². The van der Waals surface area contributed by atoms with Gasteiger partial charge in [-0.15, -0.1) is 0 Å². The molecule has 7 nitrogen and oxygen atoms in total. The number of ether oxygens (including phenoxy) is 1. The quantitative estimate of drug-likeness (QED) is 0.701. The molecule has 0 bridgehead atoms. The van der Waals surface area contributed by atoms with Crippen LogP contribution in [0.5, 0.6) is 0 Å². The predicted molar refractivity (Wildman–Crippen MR) is 118 cm³/mol. The van der Waals surface area contributed by atoms with Gasteiger partial charge in [0.15, 0.2) is 0 Å². The van der Waals surface area contributed by atoms with Gasteiger partial charge in [0.1, 0.15) is 5.60 Å². The Morgan fingerprint density at radius 3 is 2.20 bits per heavy atom. The molecular weight excluding hydrogens is 381 g/mol. The van der Waals surface area contributed by atoms with E-state index in [0.717, 1.165) is 24.8 Å². The lowest BCUT2D eigenvalue weighted by Gasteiger charge is -2.42. The molecule has 2 aliphatic rings. The van der Waals surface area contributed by atoms with Crippen molar-refractivity contribution in [3.8, 4) is 0 Å². The predicted octanol–water partition coefficient (Wildman–Crippen LogP) is 3.61. The second-order valence-corrected chi connectivity index (χ2v) is 11.0. The number of carbonyl (C=O) groups excluding carboxylic acids is 1. The van der Waals surface area contributed by atoms with E-state index in [-0.39, 0.29) is 29.4 Å². The van der Waals surface area contributed by atoms with Crippen molar-refractivity contribution in [3.63, 3.8) is 0 Å². The van der Waals surface area contributed by atoms with Crippen molar-refractivity contribution >= 4 is 18.7 Å². The number of piperidine rings is 1. The van der Waals surface area contributed by atoms with Gasteiger partial charge in [0, 0.05) is 36.5 Å². The Morgan fingerprint density at radius 2 is 1.70 bits per heavy atom. The first-order valence-electron chi connectivity index (χ1n) is 11.1. The van der Waals surface area contributed by atoms with E-state index in [1.54, 1.807) is 0 Å². The zero-order chi connectivity index (χ0) is 22.5. The van der Waals surface area contributed by atoms with Crippen LogP contribution in [0.1, 0.15) is 75.2 Å².